The lowest BCUT2D eigenvalue weighted by Crippen LogP contribution is -2.17. The SMILES string of the molecule is CC/C=C(Sc1ccc(C)cc1)/C(=C(\N=C(C)c1ccccn1)OC)C(F)(F)F. The molecule has 1 aromatic carbocycles. The smallest absolute Gasteiger partial charge is 0.422 e. The molecule has 0 saturated heterocycles. The van der Waals surface area contributed by atoms with Crippen molar-refractivity contribution in [1.29, 1.82) is 0 Å². The zero-order chi connectivity index (χ0) is 21.4. The molecule has 2 aromatic rings. The number of aliphatic imine (C=N–C) groups is 1. The van der Waals surface area contributed by atoms with E-state index in [9.17, 15) is 13.2 Å². The van der Waals surface area contributed by atoms with Crippen molar-refractivity contribution in [1.82, 2.24) is 4.98 Å². The summed E-state index contributed by atoms with van der Waals surface area (Å²) in [5.41, 5.74) is 0.953. The highest BCUT2D eigenvalue weighted by Gasteiger charge is 2.40. The fourth-order valence-electron chi connectivity index (χ4n) is 2.47. The van der Waals surface area contributed by atoms with Gasteiger partial charge in [0.2, 0.25) is 5.88 Å². The molecule has 0 fully saturated rings. The number of nitrogens with zero attached hydrogens (tertiary/aromatic N) is 2. The number of allylic oxidation sites excluding steroid dienone is 2. The number of rotatable bonds is 7. The molecule has 0 aliphatic carbocycles. The van der Waals surface area contributed by atoms with Crippen LogP contribution in [0.1, 0.15) is 31.5 Å². The molecule has 0 spiro atoms. The van der Waals surface area contributed by atoms with Crippen LogP contribution in [0.3, 0.4) is 0 Å². The van der Waals surface area contributed by atoms with Crippen LogP contribution in [-0.2, 0) is 4.74 Å². The van der Waals surface area contributed by atoms with Crippen molar-refractivity contribution in [3.63, 3.8) is 0 Å². The number of aromatic nitrogens is 1. The minimum absolute atomic E-state index is 0.0540. The summed E-state index contributed by atoms with van der Waals surface area (Å²) in [7, 11) is 1.19. The van der Waals surface area contributed by atoms with Gasteiger partial charge in [-0.25, -0.2) is 4.99 Å². The molecule has 0 aliphatic rings. The second-order valence-electron chi connectivity index (χ2n) is 6.19. The number of ether oxygens (including phenoxy) is 1. The Morgan fingerprint density at radius 2 is 1.86 bits per heavy atom. The summed E-state index contributed by atoms with van der Waals surface area (Å²) in [6.07, 6.45) is -1.10. The summed E-state index contributed by atoms with van der Waals surface area (Å²) in [6.45, 7) is 5.32. The van der Waals surface area contributed by atoms with Gasteiger partial charge in [-0.1, -0.05) is 48.5 Å². The molecule has 0 amide bonds. The third-order valence-corrected chi connectivity index (χ3v) is 4.98. The summed E-state index contributed by atoms with van der Waals surface area (Å²) < 4.78 is 47.3. The van der Waals surface area contributed by atoms with Gasteiger partial charge in [-0.2, -0.15) is 13.2 Å². The van der Waals surface area contributed by atoms with Gasteiger partial charge in [0, 0.05) is 16.0 Å². The molecule has 7 heteroatoms. The molecule has 0 aliphatic heterocycles. The van der Waals surface area contributed by atoms with Gasteiger partial charge < -0.3 is 4.74 Å². The highest BCUT2D eigenvalue weighted by Crippen LogP contribution is 2.42. The van der Waals surface area contributed by atoms with E-state index in [1.807, 2.05) is 19.1 Å². The molecule has 3 nitrogen and oxygen atoms in total. The molecule has 1 heterocycles. The van der Waals surface area contributed by atoms with Crippen molar-refractivity contribution in [2.75, 3.05) is 7.11 Å². The van der Waals surface area contributed by atoms with E-state index in [0.717, 1.165) is 17.3 Å². The number of hydrogen-bond acceptors (Lipinski definition) is 4. The van der Waals surface area contributed by atoms with Gasteiger partial charge in [0.05, 0.1) is 18.5 Å². The van der Waals surface area contributed by atoms with Crippen LogP contribution in [0, 0.1) is 6.92 Å². The number of halogens is 3. The summed E-state index contributed by atoms with van der Waals surface area (Å²) in [4.78, 5) is 9.02. The lowest BCUT2D eigenvalue weighted by molar-refractivity contribution is -0.0917. The maximum Gasteiger partial charge on any atom is 0.422 e. The zero-order valence-electron chi connectivity index (χ0n) is 16.7. The lowest BCUT2D eigenvalue weighted by Gasteiger charge is -2.18. The first-order chi connectivity index (χ1) is 13.8. The van der Waals surface area contributed by atoms with E-state index in [0.29, 0.717) is 22.7 Å². The van der Waals surface area contributed by atoms with Crippen LogP contribution in [0.5, 0.6) is 0 Å². The third-order valence-electron chi connectivity index (χ3n) is 3.88. The van der Waals surface area contributed by atoms with Gasteiger partial charge in [0.1, 0.15) is 5.57 Å². The predicted molar refractivity (Wildman–Crippen MR) is 112 cm³/mol. The second-order valence-corrected chi connectivity index (χ2v) is 7.30. The monoisotopic (exact) mass is 420 g/mol. The normalized spacial score (nSPS) is 13.9. The number of aryl methyl sites for hydroxylation is 1. The van der Waals surface area contributed by atoms with Crippen LogP contribution in [0.4, 0.5) is 13.2 Å². The molecule has 0 unspecified atom stereocenters. The fraction of sp³-hybridized carbons (Fsp3) is 0.273. The van der Waals surface area contributed by atoms with Crippen LogP contribution in [0.2, 0.25) is 0 Å². The molecule has 29 heavy (non-hydrogen) atoms. The number of alkyl halides is 3. The minimum atomic E-state index is -4.64. The van der Waals surface area contributed by atoms with E-state index in [2.05, 4.69) is 9.98 Å². The first-order valence-electron chi connectivity index (χ1n) is 9.03. The summed E-state index contributed by atoms with van der Waals surface area (Å²) in [6, 6.07) is 12.5. The van der Waals surface area contributed by atoms with Crippen molar-refractivity contribution in [2.45, 2.75) is 38.3 Å². The molecular weight excluding hydrogens is 397 g/mol. The van der Waals surface area contributed by atoms with Crippen LogP contribution < -0.4 is 0 Å². The Balaban J connectivity index is 2.57. The maximum absolute atomic E-state index is 14.1. The number of thioether (sulfide) groups is 1. The van der Waals surface area contributed by atoms with Crippen molar-refractivity contribution in [3.05, 3.63) is 82.4 Å². The summed E-state index contributed by atoms with van der Waals surface area (Å²) in [5.74, 6) is -0.486. The summed E-state index contributed by atoms with van der Waals surface area (Å²) in [5, 5.41) is 0. The molecular formula is C22H23F3N2OS. The van der Waals surface area contributed by atoms with E-state index in [1.54, 1.807) is 50.4 Å². The van der Waals surface area contributed by atoms with Crippen molar-refractivity contribution in [2.24, 2.45) is 4.99 Å². The largest absolute Gasteiger partial charge is 0.481 e. The first-order valence-corrected chi connectivity index (χ1v) is 9.85. The number of hydrogen-bond donors (Lipinski definition) is 0. The average molecular weight is 420 g/mol. The average Bonchev–Trinajstić information content (AvgIpc) is 2.68. The Hall–Kier alpha value is -2.54. The van der Waals surface area contributed by atoms with Crippen molar-refractivity contribution < 1.29 is 17.9 Å². The number of pyridine rings is 1. The molecule has 1 aromatic heterocycles. The van der Waals surface area contributed by atoms with Crippen LogP contribution in [0.25, 0.3) is 0 Å². The Bertz CT molecular complexity index is 902. The molecule has 154 valence electrons. The molecule has 0 atom stereocenters. The van der Waals surface area contributed by atoms with E-state index < -0.39 is 17.6 Å². The zero-order valence-corrected chi connectivity index (χ0v) is 17.6. The van der Waals surface area contributed by atoms with Crippen LogP contribution in [-0.4, -0.2) is 24.0 Å². The second kappa shape index (κ2) is 10.3. The quantitative estimate of drug-likeness (QED) is 0.216. The van der Waals surface area contributed by atoms with E-state index in [1.165, 1.54) is 13.2 Å². The van der Waals surface area contributed by atoms with Crippen LogP contribution in [0.15, 0.2) is 81.0 Å². The minimum Gasteiger partial charge on any atom is -0.481 e. The maximum atomic E-state index is 14.1. The molecule has 0 N–H and O–H groups in total. The van der Waals surface area contributed by atoms with Crippen molar-refractivity contribution >= 4 is 17.5 Å². The standard InChI is InChI=1S/C22H23F3N2OS/c1-5-8-19(29-17-12-10-15(2)11-13-17)20(22(23,24)25)21(28-4)27-16(3)18-9-6-7-14-26-18/h6-14H,5H2,1-4H3/b19-8-,21-20-,27-16?. The summed E-state index contributed by atoms with van der Waals surface area (Å²) >= 11 is 1.04. The Morgan fingerprint density at radius 3 is 2.38 bits per heavy atom. The van der Waals surface area contributed by atoms with Gasteiger partial charge in [0.25, 0.3) is 0 Å². The third kappa shape index (κ3) is 6.49. The first kappa shape index (κ1) is 22.7. The van der Waals surface area contributed by atoms with Gasteiger partial charge in [-0.05, 0) is 44.5 Å². The van der Waals surface area contributed by atoms with E-state index in [4.69, 9.17) is 4.74 Å². The van der Waals surface area contributed by atoms with E-state index >= 15 is 0 Å². The van der Waals surface area contributed by atoms with Gasteiger partial charge in [0.15, 0.2) is 0 Å². The van der Waals surface area contributed by atoms with Crippen molar-refractivity contribution in [3.8, 4) is 0 Å². The predicted octanol–water partition coefficient (Wildman–Crippen LogP) is 6.71. The molecule has 0 bridgehead atoms. The molecule has 2 rings (SSSR count). The fourth-order valence-corrected chi connectivity index (χ4v) is 3.55. The van der Waals surface area contributed by atoms with Gasteiger partial charge in [-0.3, -0.25) is 4.98 Å². The highest BCUT2D eigenvalue weighted by atomic mass is 32.2. The molecule has 0 saturated carbocycles. The lowest BCUT2D eigenvalue weighted by atomic mass is 10.2. The number of methoxy groups -OCH3 is 1. The van der Waals surface area contributed by atoms with Crippen LogP contribution >= 0.6 is 11.8 Å². The van der Waals surface area contributed by atoms with Gasteiger partial charge in [-0.15, -0.1) is 0 Å². The van der Waals surface area contributed by atoms with E-state index in [-0.39, 0.29) is 4.91 Å². The Morgan fingerprint density at radius 1 is 1.17 bits per heavy atom. The topological polar surface area (TPSA) is 34.5 Å². The molecule has 0 radical (unpaired) electrons. The number of benzene rings is 1. The highest BCUT2D eigenvalue weighted by molar-refractivity contribution is 8.03. The Labute approximate surface area is 173 Å². The van der Waals surface area contributed by atoms with Gasteiger partial charge >= 0.3 is 6.18 Å². The Kier molecular flexibility index (Phi) is 8.08.